The average Bonchev–Trinajstić information content (AvgIpc) is 3.17. The summed E-state index contributed by atoms with van der Waals surface area (Å²) in [6, 6.07) is 8.82. The van der Waals surface area contributed by atoms with Crippen LogP contribution >= 0.6 is 11.3 Å². The van der Waals surface area contributed by atoms with Gasteiger partial charge in [-0.25, -0.2) is 9.37 Å². The first-order chi connectivity index (χ1) is 12.1. The summed E-state index contributed by atoms with van der Waals surface area (Å²) in [7, 11) is 1.69. The average molecular weight is 359 g/mol. The van der Waals surface area contributed by atoms with Crippen molar-refractivity contribution in [1.82, 2.24) is 9.55 Å². The fourth-order valence-electron chi connectivity index (χ4n) is 2.81. The predicted octanol–water partition coefficient (Wildman–Crippen LogP) is 4.47. The van der Waals surface area contributed by atoms with Crippen LogP contribution in [0.25, 0.3) is 11.3 Å². The van der Waals surface area contributed by atoms with Crippen molar-refractivity contribution >= 4 is 16.5 Å². The van der Waals surface area contributed by atoms with Gasteiger partial charge in [-0.05, 0) is 37.6 Å². The van der Waals surface area contributed by atoms with E-state index in [1.54, 1.807) is 18.4 Å². The molecule has 132 valence electrons. The molecule has 0 aliphatic rings. The zero-order chi connectivity index (χ0) is 17.8. The lowest BCUT2D eigenvalue weighted by Gasteiger charge is -2.10. The highest BCUT2D eigenvalue weighted by Crippen LogP contribution is 2.30. The van der Waals surface area contributed by atoms with Gasteiger partial charge >= 0.3 is 0 Å². The molecule has 0 saturated heterocycles. The molecule has 2 heterocycles. The third kappa shape index (κ3) is 4.08. The monoisotopic (exact) mass is 359 g/mol. The smallest absolute Gasteiger partial charge is 0.183 e. The highest BCUT2D eigenvalue weighted by atomic mass is 32.1. The van der Waals surface area contributed by atoms with E-state index in [0.717, 1.165) is 40.7 Å². The zero-order valence-electron chi connectivity index (χ0n) is 14.7. The number of aryl methyl sites for hydroxylation is 1. The maximum Gasteiger partial charge on any atom is 0.183 e. The molecule has 0 radical (unpaired) electrons. The van der Waals surface area contributed by atoms with E-state index in [1.807, 2.05) is 12.1 Å². The van der Waals surface area contributed by atoms with E-state index in [2.05, 4.69) is 40.2 Å². The van der Waals surface area contributed by atoms with E-state index < -0.39 is 0 Å². The van der Waals surface area contributed by atoms with Crippen molar-refractivity contribution < 1.29 is 9.13 Å². The molecule has 25 heavy (non-hydrogen) atoms. The molecule has 1 N–H and O–H groups in total. The number of ether oxygens (including phenoxy) is 1. The maximum atomic E-state index is 13.1. The van der Waals surface area contributed by atoms with Gasteiger partial charge in [0.1, 0.15) is 5.82 Å². The van der Waals surface area contributed by atoms with Crippen LogP contribution < -0.4 is 5.32 Å². The molecule has 0 bridgehead atoms. The van der Waals surface area contributed by atoms with Gasteiger partial charge in [0, 0.05) is 42.5 Å². The second kappa shape index (κ2) is 7.80. The van der Waals surface area contributed by atoms with E-state index in [4.69, 9.17) is 4.74 Å². The van der Waals surface area contributed by atoms with Gasteiger partial charge in [0.25, 0.3) is 0 Å². The highest BCUT2D eigenvalue weighted by Gasteiger charge is 2.14. The lowest BCUT2D eigenvalue weighted by atomic mass is 10.2. The molecule has 3 aromatic rings. The molecule has 0 saturated carbocycles. The van der Waals surface area contributed by atoms with Crippen LogP contribution in [0.5, 0.6) is 0 Å². The normalized spacial score (nSPS) is 11.0. The molecule has 0 unspecified atom stereocenters. The topological polar surface area (TPSA) is 39.1 Å². The molecule has 3 rings (SSSR count). The molecule has 2 aromatic heterocycles. The van der Waals surface area contributed by atoms with Crippen molar-refractivity contribution in [3.8, 4) is 11.3 Å². The number of hydrogen-bond acceptors (Lipinski definition) is 4. The van der Waals surface area contributed by atoms with Gasteiger partial charge in [0.05, 0.1) is 12.3 Å². The predicted molar refractivity (Wildman–Crippen MR) is 101 cm³/mol. The number of anilines is 1. The van der Waals surface area contributed by atoms with Crippen LogP contribution in [-0.2, 0) is 11.3 Å². The quantitative estimate of drug-likeness (QED) is 0.633. The molecule has 0 spiro atoms. The van der Waals surface area contributed by atoms with Crippen LogP contribution in [-0.4, -0.2) is 29.8 Å². The molecule has 0 aliphatic carbocycles. The van der Waals surface area contributed by atoms with Crippen molar-refractivity contribution in [1.29, 1.82) is 0 Å². The van der Waals surface area contributed by atoms with E-state index in [9.17, 15) is 4.39 Å². The van der Waals surface area contributed by atoms with Crippen molar-refractivity contribution in [2.24, 2.45) is 0 Å². The van der Waals surface area contributed by atoms with Crippen LogP contribution in [0.2, 0.25) is 0 Å². The Morgan fingerprint density at radius 1 is 1.24 bits per heavy atom. The Hall–Kier alpha value is -2.18. The maximum absolute atomic E-state index is 13.1. The van der Waals surface area contributed by atoms with Gasteiger partial charge in [0.15, 0.2) is 5.13 Å². The Balaban J connectivity index is 1.80. The van der Waals surface area contributed by atoms with Gasteiger partial charge in [-0.2, -0.15) is 0 Å². The standard InChI is InChI=1S/C19H22FN3OS/c1-13-10-17(18-12-25-19(22-18)21-8-9-24-3)14(2)23(13)11-15-4-6-16(20)7-5-15/h4-7,10,12H,8-9,11H2,1-3H3,(H,21,22). The molecule has 4 nitrogen and oxygen atoms in total. The van der Waals surface area contributed by atoms with E-state index >= 15 is 0 Å². The fourth-order valence-corrected chi connectivity index (χ4v) is 3.55. The summed E-state index contributed by atoms with van der Waals surface area (Å²) in [6.07, 6.45) is 0. The van der Waals surface area contributed by atoms with Crippen LogP contribution in [0, 0.1) is 19.7 Å². The fraction of sp³-hybridized carbons (Fsp3) is 0.316. The molecule has 0 atom stereocenters. The number of nitrogens with one attached hydrogen (secondary N) is 1. The Kier molecular flexibility index (Phi) is 5.50. The number of thiazole rings is 1. The van der Waals surface area contributed by atoms with Gasteiger partial charge in [0.2, 0.25) is 0 Å². The third-order valence-electron chi connectivity index (χ3n) is 4.19. The first-order valence-corrected chi connectivity index (χ1v) is 9.06. The number of halogens is 1. The summed E-state index contributed by atoms with van der Waals surface area (Å²) >= 11 is 1.60. The SMILES string of the molecule is COCCNc1nc(-c2cc(C)n(Cc3ccc(F)cc3)c2C)cs1. The Morgan fingerprint density at radius 3 is 2.72 bits per heavy atom. The second-order valence-corrected chi connectivity index (χ2v) is 6.81. The first kappa shape index (κ1) is 17.6. The molecular formula is C19H22FN3OS. The number of benzene rings is 1. The molecular weight excluding hydrogens is 337 g/mol. The van der Waals surface area contributed by atoms with E-state index in [-0.39, 0.29) is 5.82 Å². The van der Waals surface area contributed by atoms with Gasteiger partial charge in [-0.3, -0.25) is 0 Å². The van der Waals surface area contributed by atoms with Crippen molar-refractivity contribution in [3.05, 3.63) is 58.5 Å². The Labute approximate surface area is 151 Å². The van der Waals surface area contributed by atoms with Crippen LogP contribution in [0.3, 0.4) is 0 Å². The summed E-state index contributed by atoms with van der Waals surface area (Å²) in [5, 5.41) is 6.23. The summed E-state index contributed by atoms with van der Waals surface area (Å²) in [5.41, 5.74) is 5.52. The Bertz CT molecular complexity index is 839. The zero-order valence-corrected chi connectivity index (χ0v) is 15.5. The van der Waals surface area contributed by atoms with Crippen molar-refractivity contribution in [2.75, 3.05) is 25.6 Å². The van der Waals surface area contributed by atoms with Crippen LogP contribution in [0.4, 0.5) is 9.52 Å². The third-order valence-corrected chi connectivity index (χ3v) is 4.99. The minimum Gasteiger partial charge on any atom is -0.383 e. The van der Waals surface area contributed by atoms with Crippen LogP contribution in [0.15, 0.2) is 35.7 Å². The van der Waals surface area contributed by atoms with Gasteiger partial charge in [-0.15, -0.1) is 11.3 Å². The summed E-state index contributed by atoms with van der Waals surface area (Å²) in [4.78, 5) is 4.68. The van der Waals surface area contributed by atoms with E-state index in [0.29, 0.717) is 6.61 Å². The van der Waals surface area contributed by atoms with Crippen LogP contribution in [0.1, 0.15) is 17.0 Å². The highest BCUT2D eigenvalue weighted by molar-refractivity contribution is 7.14. The minimum atomic E-state index is -0.207. The molecule has 0 amide bonds. The summed E-state index contributed by atoms with van der Waals surface area (Å²) < 4.78 is 20.4. The first-order valence-electron chi connectivity index (χ1n) is 8.18. The molecule has 1 aromatic carbocycles. The molecule has 0 aliphatic heterocycles. The number of nitrogens with zero attached hydrogens (tertiary/aromatic N) is 2. The summed E-state index contributed by atoms with van der Waals surface area (Å²) in [5.74, 6) is -0.207. The van der Waals surface area contributed by atoms with Crippen molar-refractivity contribution in [2.45, 2.75) is 20.4 Å². The second-order valence-electron chi connectivity index (χ2n) is 5.95. The van der Waals surface area contributed by atoms with Gasteiger partial charge in [-0.1, -0.05) is 12.1 Å². The minimum absolute atomic E-state index is 0.207. The summed E-state index contributed by atoms with van der Waals surface area (Å²) in [6.45, 7) is 6.31. The van der Waals surface area contributed by atoms with E-state index in [1.165, 1.54) is 17.8 Å². The molecule has 6 heteroatoms. The number of rotatable bonds is 7. The molecule has 0 fully saturated rings. The van der Waals surface area contributed by atoms with Crippen molar-refractivity contribution in [3.63, 3.8) is 0 Å². The largest absolute Gasteiger partial charge is 0.383 e. The number of hydrogen-bond donors (Lipinski definition) is 1. The lowest BCUT2D eigenvalue weighted by molar-refractivity contribution is 0.211. The van der Waals surface area contributed by atoms with Gasteiger partial charge < -0.3 is 14.6 Å². The Morgan fingerprint density at radius 2 is 2.00 bits per heavy atom. The number of methoxy groups -OCH3 is 1. The number of aromatic nitrogens is 2. The lowest BCUT2D eigenvalue weighted by Crippen LogP contribution is -2.07.